The van der Waals surface area contributed by atoms with Gasteiger partial charge in [0, 0.05) is 17.5 Å². The fraction of sp³-hybridized carbons (Fsp3) is 0.273. The average Bonchev–Trinajstić information content (AvgIpc) is 3.23. The summed E-state index contributed by atoms with van der Waals surface area (Å²) in [4.78, 5) is 23.7. The summed E-state index contributed by atoms with van der Waals surface area (Å²) in [5, 5.41) is 7.95. The van der Waals surface area contributed by atoms with Gasteiger partial charge in [-0.15, -0.1) is 10.2 Å². The molecule has 0 bridgehead atoms. The lowest BCUT2D eigenvalue weighted by Gasteiger charge is -2.10. The largest absolute Gasteiger partial charge is 0.482 e. The van der Waals surface area contributed by atoms with Crippen LogP contribution in [0.25, 0.3) is 11.5 Å². The molecule has 0 aliphatic heterocycles. The molecule has 3 rings (SSSR count). The molecule has 7 nitrogen and oxygen atoms in total. The van der Waals surface area contributed by atoms with Crippen molar-refractivity contribution >= 4 is 11.8 Å². The van der Waals surface area contributed by atoms with Crippen LogP contribution in [0.15, 0.2) is 52.9 Å². The number of nitrogens with zero attached hydrogens (tertiary/aromatic N) is 2. The second kappa shape index (κ2) is 9.14. The molecule has 1 heterocycles. The molecular weight excluding hydrogens is 372 g/mol. The van der Waals surface area contributed by atoms with Crippen LogP contribution in [0.2, 0.25) is 0 Å². The first-order chi connectivity index (χ1) is 14.0. The Bertz CT molecular complexity index is 977. The molecule has 1 atom stereocenters. The number of aromatic nitrogens is 2. The molecule has 2 aromatic carbocycles. The zero-order valence-corrected chi connectivity index (χ0v) is 16.5. The van der Waals surface area contributed by atoms with Crippen LogP contribution in [-0.2, 0) is 9.53 Å². The number of ether oxygens (including phenoxy) is 2. The highest BCUT2D eigenvalue weighted by molar-refractivity contribution is 5.95. The molecular formula is C22H22N2O5. The Morgan fingerprint density at radius 3 is 2.38 bits per heavy atom. The minimum absolute atomic E-state index is 0.0503. The maximum atomic E-state index is 12.0. The van der Waals surface area contributed by atoms with E-state index < -0.39 is 12.1 Å². The summed E-state index contributed by atoms with van der Waals surface area (Å²) >= 11 is 0. The summed E-state index contributed by atoms with van der Waals surface area (Å²) in [6, 6.07) is 14.3. The van der Waals surface area contributed by atoms with E-state index in [1.165, 1.54) is 0 Å². The van der Waals surface area contributed by atoms with Crippen molar-refractivity contribution in [2.75, 3.05) is 6.61 Å². The molecule has 1 aromatic heterocycles. The van der Waals surface area contributed by atoms with Gasteiger partial charge in [0.1, 0.15) is 5.75 Å². The molecule has 0 fully saturated rings. The van der Waals surface area contributed by atoms with Crippen LogP contribution in [0.1, 0.15) is 48.2 Å². The lowest BCUT2D eigenvalue weighted by molar-refractivity contribution is -0.152. The highest BCUT2D eigenvalue weighted by atomic mass is 16.6. The quantitative estimate of drug-likeness (QED) is 0.415. The van der Waals surface area contributed by atoms with Crippen molar-refractivity contribution in [2.45, 2.75) is 33.3 Å². The van der Waals surface area contributed by atoms with Gasteiger partial charge in [0.15, 0.2) is 18.5 Å². The first-order valence-corrected chi connectivity index (χ1v) is 9.32. The van der Waals surface area contributed by atoms with Gasteiger partial charge in [-0.25, -0.2) is 4.79 Å². The van der Waals surface area contributed by atoms with Gasteiger partial charge >= 0.3 is 5.97 Å². The number of Topliss-reactive ketones (excluding diaryl/α,β-unsaturated/α-hetero) is 1. The lowest BCUT2D eigenvalue weighted by Crippen LogP contribution is -2.17. The number of hydrogen-bond acceptors (Lipinski definition) is 7. The van der Waals surface area contributed by atoms with Gasteiger partial charge in [0.05, 0.1) is 0 Å². The third-order valence-corrected chi connectivity index (χ3v) is 4.25. The molecule has 0 saturated heterocycles. The Morgan fingerprint density at radius 1 is 1.03 bits per heavy atom. The molecule has 0 spiro atoms. The second-order valence-corrected chi connectivity index (χ2v) is 6.53. The number of aryl methyl sites for hydroxylation is 1. The maximum absolute atomic E-state index is 12.0. The van der Waals surface area contributed by atoms with E-state index in [4.69, 9.17) is 13.9 Å². The summed E-state index contributed by atoms with van der Waals surface area (Å²) in [5.41, 5.74) is 2.53. The van der Waals surface area contributed by atoms with Crippen LogP contribution in [0.5, 0.6) is 5.75 Å². The van der Waals surface area contributed by atoms with Gasteiger partial charge in [-0.1, -0.05) is 24.6 Å². The minimum atomic E-state index is -0.706. The van der Waals surface area contributed by atoms with Crippen molar-refractivity contribution in [3.8, 4) is 17.2 Å². The summed E-state index contributed by atoms with van der Waals surface area (Å²) in [7, 11) is 0. The molecule has 0 aliphatic rings. The van der Waals surface area contributed by atoms with Crippen LogP contribution >= 0.6 is 0 Å². The van der Waals surface area contributed by atoms with Crippen molar-refractivity contribution < 1.29 is 23.5 Å². The Balaban J connectivity index is 1.53. The zero-order valence-electron chi connectivity index (χ0n) is 16.5. The monoisotopic (exact) mass is 394 g/mol. The lowest BCUT2D eigenvalue weighted by atomic mass is 10.1. The summed E-state index contributed by atoms with van der Waals surface area (Å²) in [6.07, 6.45) is -0.270. The Kier molecular flexibility index (Phi) is 6.39. The Labute approximate surface area is 168 Å². The fourth-order valence-corrected chi connectivity index (χ4v) is 2.58. The Hall–Kier alpha value is -3.48. The molecule has 0 radical (unpaired) electrons. The molecule has 3 aromatic rings. The summed E-state index contributed by atoms with van der Waals surface area (Å²) in [6.45, 7) is 5.17. The number of esters is 1. The van der Waals surface area contributed by atoms with Gasteiger partial charge in [-0.3, -0.25) is 4.79 Å². The van der Waals surface area contributed by atoms with Gasteiger partial charge in [-0.2, -0.15) is 0 Å². The van der Waals surface area contributed by atoms with Crippen molar-refractivity contribution in [3.05, 3.63) is 65.5 Å². The predicted octanol–water partition coefficient (Wildman–Crippen LogP) is 4.32. The van der Waals surface area contributed by atoms with E-state index in [1.807, 2.05) is 31.2 Å². The number of rotatable bonds is 8. The smallest absolute Gasteiger partial charge is 0.344 e. The molecule has 150 valence electrons. The number of carbonyl (C=O) groups is 2. The van der Waals surface area contributed by atoms with Gasteiger partial charge in [-0.05, 0) is 50.2 Å². The van der Waals surface area contributed by atoms with Gasteiger partial charge < -0.3 is 13.9 Å². The summed E-state index contributed by atoms with van der Waals surface area (Å²) < 4.78 is 16.3. The third-order valence-electron chi connectivity index (χ3n) is 4.25. The topological polar surface area (TPSA) is 91.5 Å². The standard InChI is InChI=1S/C22H22N2O5/c1-4-19(25)16-9-11-18(12-10-16)27-13-20(26)28-15(3)21-23-24-22(29-21)17-7-5-14(2)6-8-17/h5-12,15H,4,13H2,1-3H3/t15-/m0/s1. The first-order valence-electron chi connectivity index (χ1n) is 9.32. The van der Waals surface area contributed by atoms with E-state index in [9.17, 15) is 9.59 Å². The van der Waals surface area contributed by atoms with Gasteiger partial charge in [0.2, 0.25) is 5.89 Å². The minimum Gasteiger partial charge on any atom is -0.482 e. The van der Waals surface area contributed by atoms with Crippen molar-refractivity contribution in [3.63, 3.8) is 0 Å². The average molecular weight is 394 g/mol. The SMILES string of the molecule is CCC(=O)c1ccc(OCC(=O)O[C@@H](C)c2nnc(-c3ccc(C)cc3)o2)cc1. The van der Waals surface area contributed by atoms with E-state index in [-0.39, 0.29) is 18.3 Å². The first kappa shape index (κ1) is 20.3. The molecule has 29 heavy (non-hydrogen) atoms. The normalized spacial score (nSPS) is 11.7. The molecule has 0 unspecified atom stereocenters. The Morgan fingerprint density at radius 2 is 1.72 bits per heavy atom. The van der Waals surface area contributed by atoms with E-state index in [0.29, 0.717) is 23.6 Å². The van der Waals surface area contributed by atoms with E-state index in [2.05, 4.69) is 10.2 Å². The number of carbonyl (C=O) groups excluding carboxylic acids is 2. The number of hydrogen-bond donors (Lipinski definition) is 0. The van der Waals surface area contributed by atoms with Crippen molar-refractivity contribution in [1.82, 2.24) is 10.2 Å². The summed E-state index contributed by atoms with van der Waals surface area (Å²) in [5.74, 6) is 0.523. The van der Waals surface area contributed by atoms with Crippen molar-refractivity contribution in [2.24, 2.45) is 0 Å². The number of benzene rings is 2. The highest BCUT2D eigenvalue weighted by Crippen LogP contribution is 2.23. The molecule has 0 saturated carbocycles. The molecule has 0 aliphatic carbocycles. The zero-order chi connectivity index (χ0) is 20.8. The molecule has 7 heteroatoms. The van der Waals surface area contributed by atoms with Crippen LogP contribution in [-0.4, -0.2) is 28.6 Å². The van der Waals surface area contributed by atoms with E-state index >= 15 is 0 Å². The van der Waals surface area contributed by atoms with E-state index in [1.54, 1.807) is 38.1 Å². The fourth-order valence-electron chi connectivity index (χ4n) is 2.58. The molecule has 0 amide bonds. The maximum Gasteiger partial charge on any atom is 0.344 e. The number of ketones is 1. The van der Waals surface area contributed by atoms with Crippen molar-refractivity contribution in [1.29, 1.82) is 0 Å². The van der Waals surface area contributed by atoms with E-state index in [0.717, 1.165) is 11.1 Å². The van der Waals surface area contributed by atoms with Crippen LogP contribution < -0.4 is 4.74 Å². The van der Waals surface area contributed by atoms with Crippen LogP contribution in [0, 0.1) is 6.92 Å². The highest BCUT2D eigenvalue weighted by Gasteiger charge is 2.19. The third kappa shape index (κ3) is 5.28. The van der Waals surface area contributed by atoms with Gasteiger partial charge in [0.25, 0.3) is 5.89 Å². The second-order valence-electron chi connectivity index (χ2n) is 6.53. The molecule has 0 N–H and O–H groups in total. The predicted molar refractivity (Wildman–Crippen MR) is 106 cm³/mol. The van der Waals surface area contributed by atoms with Crippen LogP contribution in [0.3, 0.4) is 0 Å². The van der Waals surface area contributed by atoms with Crippen LogP contribution in [0.4, 0.5) is 0 Å².